The first-order chi connectivity index (χ1) is 15.4. The van der Waals surface area contributed by atoms with Crippen LogP contribution in [0.15, 0.2) is 42.6 Å². The molecule has 0 spiro atoms. The number of nitrogens with two attached hydrogens (primary N) is 1. The minimum absolute atomic E-state index is 0.175. The van der Waals surface area contributed by atoms with Crippen LogP contribution in [0.5, 0.6) is 0 Å². The predicted molar refractivity (Wildman–Crippen MR) is 131 cm³/mol. The molecule has 2 aromatic carbocycles. The number of methoxy groups -OCH3 is 1. The van der Waals surface area contributed by atoms with Crippen molar-refractivity contribution in [1.82, 2.24) is 4.57 Å². The van der Waals surface area contributed by atoms with E-state index in [-0.39, 0.29) is 24.3 Å². The Kier molecular flexibility index (Phi) is 6.98. The number of carbonyl (C=O) groups is 2. The van der Waals surface area contributed by atoms with Crippen molar-refractivity contribution in [3.8, 4) is 11.1 Å². The molecule has 1 atom stereocenters. The molecule has 1 heterocycles. The number of hydrogen-bond donors (Lipinski definition) is 1. The van der Waals surface area contributed by atoms with Crippen molar-refractivity contribution < 1.29 is 19.1 Å². The normalized spacial score (nSPS) is 12.8. The summed E-state index contributed by atoms with van der Waals surface area (Å²) in [6, 6.07) is 12.1. The highest BCUT2D eigenvalue weighted by molar-refractivity contribution is 5.92. The van der Waals surface area contributed by atoms with Gasteiger partial charge in [0.25, 0.3) is 0 Å². The second kappa shape index (κ2) is 9.40. The number of aromatic nitrogens is 1. The summed E-state index contributed by atoms with van der Waals surface area (Å²) in [6.07, 6.45) is 1.32. The monoisotopic (exact) mass is 450 g/mol. The summed E-state index contributed by atoms with van der Waals surface area (Å²) >= 11 is 0. The third-order valence-electron chi connectivity index (χ3n) is 5.70. The average molecular weight is 451 g/mol. The Labute approximate surface area is 195 Å². The SMILES string of the molecule is COC(C)c1cc(-c2ccc3c(ccn3C(=O)OC(C)(C)C)c2)cc(C(C)C)c1CC(N)=O. The number of amides is 1. The van der Waals surface area contributed by atoms with Crippen molar-refractivity contribution in [1.29, 1.82) is 0 Å². The molecule has 0 saturated carbocycles. The Morgan fingerprint density at radius 1 is 1.00 bits per heavy atom. The fourth-order valence-corrected chi connectivity index (χ4v) is 4.06. The van der Waals surface area contributed by atoms with E-state index in [0.29, 0.717) is 0 Å². The van der Waals surface area contributed by atoms with E-state index >= 15 is 0 Å². The summed E-state index contributed by atoms with van der Waals surface area (Å²) < 4.78 is 12.7. The molecule has 0 aliphatic rings. The number of fused-ring (bicyclic) bond motifs is 1. The summed E-state index contributed by atoms with van der Waals surface area (Å²) in [4.78, 5) is 24.4. The third-order valence-corrected chi connectivity index (χ3v) is 5.70. The molecule has 6 nitrogen and oxygen atoms in total. The first-order valence-corrected chi connectivity index (χ1v) is 11.2. The molecule has 1 unspecified atom stereocenters. The lowest BCUT2D eigenvalue weighted by molar-refractivity contribution is -0.117. The van der Waals surface area contributed by atoms with Gasteiger partial charge in [-0.05, 0) is 85.7 Å². The maximum absolute atomic E-state index is 12.6. The molecule has 3 aromatic rings. The first-order valence-electron chi connectivity index (χ1n) is 11.2. The Morgan fingerprint density at radius 3 is 2.24 bits per heavy atom. The molecule has 0 saturated heterocycles. The number of rotatable bonds is 6. The molecule has 0 aliphatic carbocycles. The molecule has 2 N–H and O–H groups in total. The van der Waals surface area contributed by atoms with Gasteiger partial charge in [0, 0.05) is 18.7 Å². The van der Waals surface area contributed by atoms with Crippen molar-refractivity contribution in [3.05, 3.63) is 59.3 Å². The highest BCUT2D eigenvalue weighted by Gasteiger charge is 2.21. The van der Waals surface area contributed by atoms with Crippen LogP contribution in [-0.2, 0) is 20.7 Å². The van der Waals surface area contributed by atoms with Gasteiger partial charge >= 0.3 is 6.09 Å². The lowest BCUT2D eigenvalue weighted by Gasteiger charge is -2.22. The van der Waals surface area contributed by atoms with Crippen LogP contribution in [0.3, 0.4) is 0 Å². The van der Waals surface area contributed by atoms with Crippen LogP contribution in [0.25, 0.3) is 22.0 Å². The van der Waals surface area contributed by atoms with Crippen LogP contribution in [0.2, 0.25) is 0 Å². The molecular formula is C27H34N2O4. The topological polar surface area (TPSA) is 83.6 Å². The lowest BCUT2D eigenvalue weighted by atomic mass is 9.86. The molecular weight excluding hydrogens is 416 g/mol. The summed E-state index contributed by atoms with van der Waals surface area (Å²) in [7, 11) is 1.66. The van der Waals surface area contributed by atoms with Crippen LogP contribution in [-0.4, -0.2) is 29.3 Å². The quantitative estimate of drug-likeness (QED) is 0.503. The van der Waals surface area contributed by atoms with E-state index in [1.165, 1.54) is 4.57 Å². The van der Waals surface area contributed by atoms with E-state index in [9.17, 15) is 9.59 Å². The molecule has 6 heteroatoms. The molecule has 176 valence electrons. The van der Waals surface area contributed by atoms with Gasteiger partial charge in [-0.2, -0.15) is 0 Å². The third kappa shape index (κ3) is 5.45. The first kappa shape index (κ1) is 24.5. The van der Waals surface area contributed by atoms with Gasteiger partial charge in [0.05, 0.1) is 18.0 Å². The van der Waals surface area contributed by atoms with Crippen LogP contribution in [0.1, 0.15) is 70.3 Å². The van der Waals surface area contributed by atoms with Crippen molar-refractivity contribution >= 4 is 22.9 Å². The number of ether oxygens (including phenoxy) is 2. The second-order valence-electron chi connectivity index (χ2n) is 9.75. The van der Waals surface area contributed by atoms with E-state index in [1.54, 1.807) is 13.3 Å². The van der Waals surface area contributed by atoms with Crippen LogP contribution < -0.4 is 5.73 Å². The highest BCUT2D eigenvalue weighted by atomic mass is 16.6. The summed E-state index contributed by atoms with van der Waals surface area (Å²) in [6.45, 7) is 11.7. The maximum Gasteiger partial charge on any atom is 0.418 e. The smallest absolute Gasteiger partial charge is 0.418 e. The molecule has 1 aromatic heterocycles. The number of carbonyl (C=O) groups excluding carboxylic acids is 2. The highest BCUT2D eigenvalue weighted by Crippen LogP contribution is 2.35. The summed E-state index contributed by atoms with van der Waals surface area (Å²) in [5.41, 5.74) is 10.8. The minimum atomic E-state index is -0.567. The predicted octanol–water partition coefficient (Wildman–Crippen LogP) is 5.95. The lowest BCUT2D eigenvalue weighted by Crippen LogP contribution is -2.26. The Bertz CT molecular complexity index is 1180. The Morgan fingerprint density at radius 2 is 1.67 bits per heavy atom. The van der Waals surface area contributed by atoms with E-state index in [4.69, 9.17) is 15.2 Å². The minimum Gasteiger partial charge on any atom is -0.443 e. The van der Waals surface area contributed by atoms with Crippen molar-refractivity contribution in [2.75, 3.05) is 7.11 Å². The molecule has 1 amide bonds. The fourth-order valence-electron chi connectivity index (χ4n) is 4.06. The number of hydrogen-bond acceptors (Lipinski definition) is 4. The second-order valence-corrected chi connectivity index (χ2v) is 9.75. The van der Waals surface area contributed by atoms with E-state index in [1.807, 2.05) is 45.9 Å². The van der Waals surface area contributed by atoms with E-state index in [2.05, 4.69) is 32.0 Å². The fraction of sp³-hybridized carbons (Fsp3) is 0.407. The van der Waals surface area contributed by atoms with Crippen molar-refractivity contribution in [3.63, 3.8) is 0 Å². The van der Waals surface area contributed by atoms with Gasteiger partial charge in [0.1, 0.15) is 5.60 Å². The van der Waals surface area contributed by atoms with Crippen LogP contribution in [0.4, 0.5) is 4.79 Å². The Hall–Kier alpha value is -3.12. The maximum atomic E-state index is 12.6. The summed E-state index contributed by atoms with van der Waals surface area (Å²) in [5.74, 6) is -0.154. The average Bonchev–Trinajstić information content (AvgIpc) is 3.14. The zero-order valence-electron chi connectivity index (χ0n) is 20.6. The standard InChI is InChI=1S/C27H34N2O4/c1-16(2)21-13-20(14-22(17(3)32-7)23(21)15-25(28)30)18-8-9-24-19(12-18)10-11-29(24)26(31)33-27(4,5)6/h8-14,16-17H,15H2,1-7H3,(H2,28,30). The largest absolute Gasteiger partial charge is 0.443 e. The number of benzene rings is 2. The van der Waals surface area contributed by atoms with Gasteiger partial charge in [-0.1, -0.05) is 26.0 Å². The van der Waals surface area contributed by atoms with Gasteiger partial charge < -0.3 is 15.2 Å². The Balaban J connectivity index is 2.12. The molecule has 0 fully saturated rings. The van der Waals surface area contributed by atoms with Crippen LogP contribution >= 0.6 is 0 Å². The zero-order chi connectivity index (χ0) is 24.5. The van der Waals surface area contributed by atoms with Gasteiger partial charge in [0.2, 0.25) is 5.91 Å². The van der Waals surface area contributed by atoms with Crippen molar-refractivity contribution in [2.45, 2.75) is 65.6 Å². The van der Waals surface area contributed by atoms with Gasteiger partial charge in [-0.25, -0.2) is 4.79 Å². The van der Waals surface area contributed by atoms with Gasteiger partial charge in [0.15, 0.2) is 0 Å². The molecule has 0 aliphatic heterocycles. The molecule has 3 rings (SSSR count). The van der Waals surface area contributed by atoms with Crippen LogP contribution in [0, 0.1) is 0 Å². The molecule has 0 radical (unpaired) electrons. The molecule has 33 heavy (non-hydrogen) atoms. The van der Waals surface area contributed by atoms with Gasteiger partial charge in [-0.15, -0.1) is 0 Å². The number of nitrogens with zero attached hydrogens (tertiary/aromatic N) is 1. The molecule has 0 bridgehead atoms. The number of primary amides is 1. The van der Waals surface area contributed by atoms with E-state index in [0.717, 1.165) is 38.7 Å². The van der Waals surface area contributed by atoms with Crippen molar-refractivity contribution in [2.24, 2.45) is 5.73 Å². The zero-order valence-corrected chi connectivity index (χ0v) is 20.6. The van der Waals surface area contributed by atoms with E-state index < -0.39 is 11.7 Å². The summed E-state index contributed by atoms with van der Waals surface area (Å²) in [5, 5.41) is 0.937. The van der Waals surface area contributed by atoms with Gasteiger partial charge in [-0.3, -0.25) is 9.36 Å².